The fourth-order valence-corrected chi connectivity index (χ4v) is 3.82. The van der Waals surface area contributed by atoms with Crippen LogP contribution in [0.2, 0.25) is 0 Å². The van der Waals surface area contributed by atoms with Gasteiger partial charge in [-0.2, -0.15) is 9.78 Å². The number of hydrogen-bond donors (Lipinski definition) is 0. The zero-order valence-corrected chi connectivity index (χ0v) is 20.9. The van der Waals surface area contributed by atoms with Crippen molar-refractivity contribution in [3.63, 3.8) is 0 Å². The highest BCUT2D eigenvalue weighted by atomic mass is 79.9. The number of carbonyl (C=O) groups excluding carboxylic acids is 1. The quantitative estimate of drug-likeness (QED) is 0.258. The van der Waals surface area contributed by atoms with Crippen molar-refractivity contribution in [2.75, 3.05) is 7.11 Å². The summed E-state index contributed by atoms with van der Waals surface area (Å²) in [5.41, 5.74) is 0.561. The molecule has 0 atom stereocenters. The molecule has 0 aliphatic heterocycles. The molecule has 0 bridgehead atoms. The van der Waals surface area contributed by atoms with Gasteiger partial charge in [0.2, 0.25) is 0 Å². The molecule has 0 fully saturated rings. The van der Waals surface area contributed by atoms with Gasteiger partial charge in [0, 0.05) is 16.8 Å². The number of rotatable bonds is 4. The Morgan fingerprint density at radius 3 is 2.52 bits per heavy atom. The number of benzene rings is 2. The fourth-order valence-electron chi connectivity index (χ4n) is 2.92. The first kappa shape index (κ1) is 23.1. The summed E-state index contributed by atoms with van der Waals surface area (Å²) in [4.78, 5) is 29.3. The Bertz CT molecular complexity index is 1260. The summed E-state index contributed by atoms with van der Waals surface area (Å²) in [6, 6.07) is 8.77. The summed E-state index contributed by atoms with van der Waals surface area (Å²) < 4.78 is 13.2. The third kappa shape index (κ3) is 5.04. The van der Waals surface area contributed by atoms with Crippen molar-refractivity contribution in [1.82, 2.24) is 9.66 Å². The van der Waals surface area contributed by atoms with Gasteiger partial charge < -0.3 is 9.47 Å². The van der Waals surface area contributed by atoms with Gasteiger partial charge in [-0.1, -0.05) is 36.7 Å². The molecular weight excluding hydrogens is 530 g/mol. The fraction of sp³-hybridized carbons (Fsp3) is 0.273. The van der Waals surface area contributed by atoms with Gasteiger partial charge in [-0.15, -0.1) is 0 Å². The van der Waals surface area contributed by atoms with Gasteiger partial charge >= 0.3 is 5.97 Å². The molecule has 0 radical (unpaired) electrons. The van der Waals surface area contributed by atoms with Crippen molar-refractivity contribution in [2.24, 2.45) is 5.10 Å². The average Bonchev–Trinajstić information content (AvgIpc) is 2.68. The first-order valence-corrected chi connectivity index (χ1v) is 10.9. The van der Waals surface area contributed by atoms with Crippen molar-refractivity contribution in [2.45, 2.75) is 33.1 Å². The molecular formula is C22H21Br2N3O4. The lowest BCUT2D eigenvalue weighted by Gasteiger charge is -2.21. The topological polar surface area (TPSA) is 82.8 Å². The van der Waals surface area contributed by atoms with Crippen molar-refractivity contribution < 1.29 is 14.3 Å². The van der Waals surface area contributed by atoms with E-state index in [2.05, 4.69) is 37.0 Å². The normalized spacial score (nSPS) is 11.8. The largest absolute Gasteiger partial charge is 0.493 e. The van der Waals surface area contributed by atoms with Crippen LogP contribution in [0, 0.1) is 0 Å². The third-order valence-electron chi connectivity index (χ3n) is 4.30. The molecule has 0 spiro atoms. The first-order valence-electron chi connectivity index (χ1n) is 9.34. The van der Waals surface area contributed by atoms with E-state index >= 15 is 0 Å². The highest BCUT2D eigenvalue weighted by molar-refractivity contribution is 9.10. The van der Waals surface area contributed by atoms with Gasteiger partial charge in [0.15, 0.2) is 11.5 Å². The Kier molecular flexibility index (Phi) is 6.66. The number of fused-ring (bicyclic) bond motifs is 1. The highest BCUT2D eigenvalue weighted by Gasteiger charge is 2.23. The molecule has 1 aromatic heterocycles. The van der Waals surface area contributed by atoms with Crippen molar-refractivity contribution in [1.29, 1.82) is 0 Å². The van der Waals surface area contributed by atoms with E-state index in [0.29, 0.717) is 32.5 Å². The minimum Gasteiger partial charge on any atom is -0.493 e. The molecule has 0 N–H and O–H groups in total. The summed E-state index contributed by atoms with van der Waals surface area (Å²) in [6.07, 6.45) is 1.53. The third-order valence-corrected chi connectivity index (χ3v) is 5.38. The number of halogens is 2. The van der Waals surface area contributed by atoms with Crippen molar-refractivity contribution in [3.8, 4) is 11.5 Å². The minimum absolute atomic E-state index is 0.268. The Labute approximate surface area is 196 Å². The minimum atomic E-state index is -0.463. The van der Waals surface area contributed by atoms with E-state index < -0.39 is 11.4 Å². The maximum absolute atomic E-state index is 13.2. The van der Waals surface area contributed by atoms with Crippen LogP contribution in [-0.2, 0) is 10.2 Å². The molecule has 3 aromatic rings. The van der Waals surface area contributed by atoms with E-state index in [4.69, 9.17) is 14.5 Å². The standard InChI is InChI=1S/C22H21Br2N3O4/c1-12(28)31-19-16(24)8-13(9-18(19)30-5)11-25-27-20(29)15-10-14(23)6-7-17(15)26-21(27)22(2,3)4/h6-11H,1-5H3. The van der Waals surface area contributed by atoms with E-state index in [9.17, 15) is 9.59 Å². The average molecular weight is 551 g/mol. The molecule has 9 heteroatoms. The van der Waals surface area contributed by atoms with E-state index in [1.165, 1.54) is 24.9 Å². The summed E-state index contributed by atoms with van der Waals surface area (Å²) in [7, 11) is 1.48. The van der Waals surface area contributed by atoms with Crippen LogP contribution in [0.3, 0.4) is 0 Å². The molecule has 1 heterocycles. The van der Waals surface area contributed by atoms with Gasteiger partial charge in [0.1, 0.15) is 5.82 Å². The predicted octanol–water partition coefficient (Wildman–Crippen LogP) is 5.04. The van der Waals surface area contributed by atoms with E-state index in [-0.39, 0.29) is 11.3 Å². The lowest BCUT2D eigenvalue weighted by molar-refractivity contribution is -0.132. The molecule has 31 heavy (non-hydrogen) atoms. The second-order valence-electron chi connectivity index (χ2n) is 7.84. The molecule has 0 amide bonds. The summed E-state index contributed by atoms with van der Waals surface area (Å²) in [5, 5.41) is 4.91. The lowest BCUT2D eigenvalue weighted by atomic mass is 9.95. The lowest BCUT2D eigenvalue weighted by Crippen LogP contribution is -2.29. The Balaban J connectivity index is 2.17. The molecule has 162 valence electrons. The number of aromatic nitrogens is 2. The van der Waals surface area contributed by atoms with Gasteiger partial charge in [-0.25, -0.2) is 4.98 Å². The van der Waals surface area contributed by atoms with Crippen LogP contribution in [0.25, 0.3) is 10.9 Å². The SMILES string of the molecule is COc1cc(C=Nn2c(C(C)(C)C)nc3ccc(Br)cc3c2=O)cc(Br)c1OC(C)=O. The first-order chi connectivity index (χ1) is 14.5. The number of nitrogens with zero attached hydrogens (tertiary/aromatic N) is 3. The number of esters is 1. The predicted molar refractivity (Wildman–Crippen MR) is 127 cm³/mol. The summed E-state index contributed by atoms with van der Waals surface area (Å²) in [5.74, 6) is 0.702. The number of carbonyl (C=O) groups is 1. The van der Waals surface area contributed by atoms with Crippen LogP contribution < -0.4 is 15.0 Å². The molecule has 0 unspecified atom stereocenters. The van der Waals surface area contributed by atoms with Crippen LogP contribution in [0.4, 0.5) is 0 Å². The molecule has 0 aliphatic carbocycles. The Morgan fingerprint density at radius 1 is 1.19 bits per heavy atom. The van der Waals surface area contributed by atoms with Crippen molar-refractivity contribution >= 4 is 54.9 Å². The monoisotopic (exact) mass is 549 g/mol. The maximum Gasteiger partial charge on any atom is 0.308 e. The van der Waals surface area contributed by atoms with E-state index in [0.717, 1.165) is 4.47 Å². The summed E-state index contributed by atoms with van der Waals surface area (Å²) >= 11 is 6.79. The van der Waals surface area contributed by atoms with E-state index in [1.807, 2.05) is 26.8 Å². The Hall–Kier alpha value is -2.52. The second kappa shape index (κ2) is 8.92. The number of methoxy groups -OCH3 is 1. The highest BCUT2D eigenvalue weighted by Crippen LogP contribution is 2.36. The van der Waals surface area contributed by atoms with Crippen molar-refractivity contribution in [3.05, 3.63) is 61.0 Å². The molecule has 2 aromatic carbocycles. The van der Waals surface area contributed by atoms with E-state index in [1.54, 1.807) is 24.3 Å². The molecule has 0 saturated heterocycles. The molecule has 0 saturated carbocycles. The smallest absolute Gasteiger partial charge is 0.308 e. The number of ether oxygens (including phenoxy) is 2. The number of hydrogen-bond acceptors (Lipinski definition) is 6. The van der Waals surface area contributed by atoms with Gasteiger partial charge in [-0.3, -0.25) is 9.59 Å². The molecule has 3 rings (SSSR count). The van der Waals surface area contributed by atoms with Crippen LogP contribution in [0.5, 0.6) is 11.5 Å². The Morgan fingerprint density at radius 2 is 1.90 bits per heavy atom. The van der Waals surface area contributed by atoms with Gasteiger partial charge in [0.25, 0.3) is 5.56 Å². The van der Waals surface area contributed by atoms with Gasteiger partial charge in [-0.05, 0) is 51.8 Å². The maximum atomic E-state index is 13.2. The van der Waals surface area contributed by atoms with Gasteiger partial charge in [0.05, 0.1) is 28.7 Å². The van der Waals surface area contributed by atoms with Crippen LogP contribution in [0.1, 0.15) is 39.1 Å². The zero-order chi connectivity index (χ0) is 22.9. The molecule has 7 nitrogen and oxygen atoms in total. The zero-order valence-electron chi connectivity index (χ0n) is 17.7. The summed E-state index contributed by atoms with van der Waals surface area (Å²) in [6.45, 7) is 7.23. The van der Waals surface area contributed by atoms with Crippen LogP contribution in [-0.4, -0.2) is 29.0 Å². The van der Waals surface area contributed by atoms with Crippen LogP contribution in [0.15, 0.2) is 49.2 Å². The molecule has 0 aliphatic rings. The second-order valence-corrected chi connectivity index (χ2v) is 9.61. The van der Waals surface area contributed by atoms with Crippen LogP contribution >= 0.6 is 31.9 Å².